The Morgan fingerprint density at radius 2 is 1.71 bits per heavy atom. The second-order valence-corrected chi connectivity index (χ2v) is 5.75. The summed E-state index contributed by atoms with van der Waals surface area (Å²) in [6.07, 6.45) is 3.70. The Hall–Kier alpha value is -0.860. The lowest BCUT2D eigenvalue weighted by molar-refractivity contribution is 0.311. The van der Waals surface area contributed by atoms with E-state index in [1.807, 2.05) is 0 Å². The number of likely N-dealkylation sites (tertiary alicyclic amines) is 1. The normalized spacial score (nSPS) is 32.9. The van der Waals surface area contributed by atoms with E-state index in [4.69, 9.17) is 5.73 Å². The average molecular weight is 230 g/mol. The van der Waals surface area contributed by atoms with Crippen molar-refractivity contribution >= 4 is 0 Å². The maximum absolute atomic E-state index is 6.02. The van der Waals surface area contributed by atoms with E-state index in [1.54, 1.807) is 0 Å². The van der Waals surface area contributed by atoms with Crippen LogP contribution in [0.1, 0.15) is 18.4 Å². The molecule has 2 heteroatoms. The van der Waals surface area contributed by atoms with Gasteiger partial charge in [0.1, 0.15) is 0 Å². The van der Waals surface area contributed by atoms with Gasteiger partial charge in [0, 0.05) is 25.7 Å². The number of hydrogen-bond acceptors (Lipinski definition) is 2. The van der Waals surface area contributed by atoms with E-state index in [1.165, 1.54) is 44.5 Å². The molecule has 0 aromatic heterocycles. The maximum Gasteiger partial charge on any atom is 0.00452 e. The van der Waals surface area contributed by atoms with Crippen LogP contribution in [0.2, 0.25) is 0 Å². The van der Waals surface area contributed by atoms with Gasteiger partial charge in [-0.1, -0.05) is 30.3 Å². The van der Waals surface area contributed by atoms with Crippen LogP contribution in [0, 0.1) is 11.8 Å². The molecule has 3 atom stereocenters. The lowest BCUT2D eigenvalue weighted by atomic mass is 10.0. The average Bonchev–Trinajstić information content (AvgIpc) is 2.84. The molecule has 1 heterocycles. The summed E-state index contributed by atoms with van der Waals surface area (Å²) in [6, 6.07) is 11.3. The molecule has 0 amide bonds. The summed E-state index contributed by atoms with van der Waals surface area (Å²) in [6.45, 7) is 3.78. The van der Waals surface area contributed by atoms with Crippen LogP contribution < -0.4 is 5.73 Å². The molecular formula is C15H22N2. The van der Waals surface area contributed by atoms with Crippen molar-refractivity contribution in [2.24, 2.45) is 17.6 Å². The molecule has 2 aliphatic rings. The summed E-state index contributed by atoms with van der Waals surface area (Å²) in [7, 11) is 0. The van der Waals surface area contributed by atoms with Crippen molar-refractivity contribution in [1.29, 1.82) is 0 Å². The number of hydrogen-bond donors (Lipinski definition) is 1. The molecule has 2 N–H and O–H groups in total. The molecule has 1 aliphatic carbocycles. The van der Waals surface area contributed by atoms with E-state index in [-0.39, 0.29) is 0 Å². The quantitative estimate of drug-likeness (QED) is 0.859. The van der Waals surface area contributed by atoms with Gasteiger partial charge in [-0.3, -0.25) is 0 Å². The summed E-state index contributed by atoms with van der Waals surface area (Å²) in [5.74, 6) is 1.78. The SMILES string of the molecule is N[C@H]1C[C@@H]2CN(CCc3ccccc3)C[C@@H]2C1. The van der Waals surface area contributed by atoms with Gasteiger partial charge < -0.3 is 10.6 Å². The molecule has 1 aromatic rings. The number of nitrogens with zero attached hydrogens (tertiary/aromatic N) is 1. The molecule has 1 aromatic carbocycles. The van der Waals surface area contributed by atoms with Crippen LogP contribution in [0.15, 0.2) is 30.3 Å². The van der Waals surface area contributed by atoms with Gasteiger partial charge in [-0.2, -0.15) is 0 Å². The van der Waals surface area contributed by atoms with E-state index in [2.05, 4.69) is 35.2 Å². The van der Waals surface area contributed by atoms with Crippen LogP contribution in [0.3, 0.4) is 0 Å². The first-order chi connectivity index (χ1) is 8.31. The van der Waals surface area contributed by atoms with Gasteiger partial charge in [-0.05, 0) is 36.7 Å². The minimum absolute atomic E-state index is 0.487. The Kier molecular flexibility index (Phi) is 3.17. The van der Waals surface area contributed by atoms with Crippen LogP contribution >= 0.6 is 0 Å². The fourth-order valence-corrected chi connectivity index (χ4v) is 3.56. The van der Waals surface area contributed by atoms with Crippen LogP contribution in [-0.4, -0.2) is 30.6 Å². The molecule has 1 aliphatic heterocycles. The molecule has 2 nitrogen and oxygen atoms in total. The molecule has 0 unspecified atom stereocenters. The predicted octanol–water partition coefficient (Wildman–Crippen LogP) is 1.90. The third-order valence-corrected chi connectivity index (χ3v) is 4.42. The summed E-state index contributed by atoms with van der Waals surface area (Å²) < 4.78 is 0. The second-order valence-electron chi connectivity index (χ2n) is 5.75. The summed E-state index contributed by atoms with van der Waals surface area (Å²) >= 11 is 0. The third-order valence-electron chi connectivity index (χ3n) is 4.42. The molecule has 2 fully saturated rings. The van der Waals surface area contributed by atoms with Gasteiger partial charge in [-0.15, -0.1) is 0 Å². The maximum atomic E-state index is 6.02. The van der Waals surface area contributed by atoms with Crippen LogP contribution in [0.25, 0.3) is 0 Å². The fourth-order valence-electron chi connectivity index (χ4n) is 3.56. The Labute approximate surface area is 104 Å². The Bertz CT molecular complexity index is 348. The van der Waals surface area contributed by atoms with Gasteiger partial charge >= 0.3 is 0 Å². The Morgan fingerprint density at radius 3 is 2.35 bits per heavy atom. The van der Waals surface area contributed by atoms with E-state index in [0.717, 1.165) is 11.8 Å². The third kappa shape index (κ3) is 2.53. The summed E-state index contributed by atoms with van der Waals surface area (Å²) in [5, 5.41) is 0. The van der Waals surface area contributed by atoms with Crippen LogP contribution in [0.4, 0.5) is 0 Å². The van der Waals surface area contributed by atoms with Crippen molar-refractivity contribution in [2.75, 3.05) is 19.6 Å². The van der Waals surface area contributed by atoms with Crippen molar-refractivity contribution in [3.8, 4) is 0 Å². The largest absolute Gasteiger partial charge is 0.328 e. The van der Waals surface area contributed by atoms with E-state index in [9.17, 15) is 0 Å². The van der Waals surface area contributed by atoms with E-state index >= 15 is 0 Å². The first-order valence-electron chi connectivity index (χ1n) is 6.83. The van der Waals surface area contributed by atoms with Gasteiger partial charge in [0.05, 0.1) is 0 Å². The minimum atomic E-state index is 0.487. The van der Waals surface area contributed by atoms with Crippen molar-refractivity contribution in [3.05, 3.63) is 35.9 Å². The van der Waals surface area contributed by atoms with E-state index < -0.39 is 0 Å². The summed E-state index contributed by atoms with van der Waals surface area (Å²) in [5.41, 5.74) is 7.48. The summed E-state index contributed by atoms with van der Waals surface area (Å²) in [4.78, 5) is 2.63. The lowest BCUT2D eigenvalue weighted by Crippen LogP contribution is -2.27. The molecule has 3 rings (SSSR count). The first kappa shape index (κ1) is 11.2. The highest BCUT2D eigenvalue weighted by Crippen LogP contribution is 2.37. The predicted molar refractivity (Wildman–Crippen MR) is 70.8 cm³/mol. The zero-order valence-electron chi connectivity index (χ0n) is 10.4. The zero-order chi connectivity index (χ0) is 11.7. The smallest absolute Gasteiger partial charge is 0.00452 e. The molecule has 17 heavy (non-hydrogen) atoms. The highest BCUT2D eigenvalue weighted by Gasteiger charge is 2.39. The lowest BCUT2D eigenvalue weighted by Gasteiger charge is -2.17. The van der Waals surface area contributed by atoms with E-state index in [0.29, 0.717) is 6.04 Å². The minimum Gasteiger partial charge on any atom is -0.328 e. The van der Waals surface area contributed by atoms with Gasteiger partial charge in [0.25, 0.3) is 0 Å². The van der Waals surface area contributed by atoms with Gasteiger partial charge in [0.15, 0.2) is 0 Å². The van der Waals surface area contributed by atoms with Crippen molar-refractivity contribution in [1.82, 2.24) is 4.90 Å². The topological polar surface area (TPSA) is 29.3 Å². The molecule has 1 saturated carbocycles. The van der Waals surface area contributed by atoms with Crippen molar-refractivity contribution < 1.29 is 0 Å². The number of fused-ring (bicyclic) bond motifs is 1. The molecule has 0 bridgehead atoms. The van der Waals surface area contributed by atoms with Crippen molar-refractivity contribution in [3.63, 3.8) is 0 Å². The zero-order valence-corrected chi connectivity index (χ0v) is 10.4. The Balaban J connectivity index is 1.49. The molecular weight excluding hydrogens is 208 g/mol. The standard InChI is InChI=1S/C15H22N2/c16-15-8-13-10-17(11-14(13)9-15)7-6-12-4-2-1-3-5-12/h1-5,13-15H,6-11,16H2/t13-,14+,15+. The van der Waals surface area contributed by atoms with Crippen LogP contribution in [0.5, 0.6) is 0 Å². The van der Waals surface area contributed by atoms with Gasteiger partial charge in [-0.25, -0.2) is 0 Å². The fraction of sp³-hybridized carbons (Fsp3) is 0.600. The number of rotatable bonds is 3. The van der Waals surface area contributed by atoms with Gasteiger partial charge in [0.2, 0.25) is 0 Å². The van der Waals surface area contributed by atoms with Crippen LogP contribution in [-0.2, 0) is 6.42 Å². The highest BCUT2D eigenvalue weighted by atomic mass is 15.2. The molecule has 0 radical (unpaired) electrons. The molecule has 92 valence electrons. The molecule has 0 spiro atoms. The monoisotopic (exact) mass is 230 g/mol. The highest BCUT2D eigenvalue weighted by molar-refractivity contribution is 5.15. The number of benzene rings is 1. The van der Waals surface area contributed by atoms with Crippen molar-refractivity contribution in [2.45, 2.75) is 25.3 Å². The first-order valence-corrected chi connectivity index (χ1v) is 6.83. The molecule has 1 saturated heterocycles. The second kappa shape index (κ2) is 4.79. The Morgan fingerprint density at radius 1 is 1.06 bits per heavy atom. The number of nitrogens with two attached hydrogens (primary N) is 1.